The summed E-state index contributed by atoms with van der Waals surface area (Å²) in [7, 11) is 0. The Balaban J connectivity index is 1.71. The maximum absolute atomic E-state index is 13.5. The third-order valence-corrected chi connectivity index (χ3v) is 4.32. The number of aliphatic hydroxyl groups excluding tert-OH is 1. The molecule has 0 amide bonds. The van der Waals surface area contributed by atoms with Gasteiger partial charge >= 0.3 is 0 Å². The van der Waals surface area contributed by atoms with Gasteiger partial charge < -0.3 is 15.3 Å². The van der Waals surface area contributed by atoms with Crippen LogP contribution < -0.4 is 10.2 Å². The highest BCUT2D eigenvalue weighted by Crippen LogP contribution is 2.26. The number of aromatic nitrogens is 1. The molecule has 1 aliphatic heterocycles. The maximum atomic E-state index is 13.5. The van der Waals surface area contributed by atoms with Crippen LogP contribution in [0.2, 0.25) is 5.02 Å². The number of pyridine rings is 1. The average Bonchev–Trinajstić information content (AvgIpc) is 2.57. The molecule has 3 rings (SSSR count). The van der Waals surface area contributed by atoms with Gasteiger partial charge in [-0.05, 0) is 42.7 Å². The minimum Gasteiger partial charge on any atom is -0.393 e. The van der Waals surface area contributed by atoms with E-state index in [9.17, 15) is 9.50 Å². The van der Waals surface area contributed by atoms with Crippen LogP contribution in [0.4, 0.5) is 15.9 Å². The van der Waals surface area contributed by atoms with Crippen LogP contribution in [0.3, 0.4) is 0 Å². The Labute approximate surface area is 139 Å². The van der Waals surface area contributed by atoms with Crippen LogP contribution in [0.5, 0.6) is 0 Å². The summed E-state index contributed by atoms with van der Waals surface area (Å²) < 4.78 is 13.5. The fraction of sp³-hybridized carbons (Fsp3) is 0.353. The number of nitrogens with zero attached hydrogens (tertiary/aromatic N) is 2. The van der Waals surface area contributed by atoms with Crippen LogP contribution in [0.25, 0.3) is 0 Å². The van der Waals surface area contributed by atoms with E-state index in [1.807, 2.05) is 12.1 Å². The Morgan fingerprint density at radius 2 is 2.09 bits per heavy atom. The van der Waals surface area contributed by atoms with E-state index in [-0.39, 0.29) is 11.1 Å². The Morgan fingerprint density at radius 3 is 2.83 bits per heavy atom. The monoisotopic (exact) mass is 335 g/mol. The molecule has 1 saturated heterocycles. The Kier molecular flexibility index (Phi) is 4.98. The van der Waals surface area contributed by atoms with Crippen LogP contribution in [0, 0.1) is 5.82 Å². The van der Waals surface area contributed by atoms with Crippen molar-refractivity contribution in [2.24, 2.45) is 0 Å². The molecule has 6 heteroatoms. The van der Waals surface area contributed by atoms with Crippen molar-refractivity contribution >= 4 is 23.1 Å². The van der Waals surface area contributed by atoms with Crippen molar-refractivity contribution in [3.63, 3.8) is 0 Å². The van der Waals surface area contributed by atoms with Gasteiger partial charge in [0.15, 0.2) is 5.82 Å². The molecule has 0 unspecified atom stereocenters. The first-order valence-electron chi connectivity index (χ1n) is 7.69. The van der Waals surface area contributed by atoms with Gasteiger partial charge in [0.05, 0.1) is 16.8 Å². The summed E-state index contributed by atoms with van der Waals surface area (Å²) in [5.74, 6) is 0.455. The van der Waals surface area contributed by atoms with Gasteiger partial charge in [-0.25, -0.2) is 9.37 Å². The smallest absolute Gasteiger partial charge is 0.151 e. The highest BCUT2D eigenvalue weighted by atomic mass is 35.5. The predicted molar refractivity (Wildman–Crippen MR) is 90.4 cm³/mol. The van der Waals surface area contributed by atoms with Gasteiger partial charge in [0, 0.05) is 25.8 Å². The van der Waals surface area contributed by atoms with Gasteiger partial charge in [0.1, 0.15) is 5.82 Å². The highest BCUT2D eigenvalue weighted by Gasteiger charge is 2.20. The van der Waals surface area contributed by atoms with Crippen LogP contribution in [-0.2, 0) is 6.54 Å². The number of piperidine rings is 1. The number of hydrogen-bond donors (Lipinski definition) is 2. The molecule has 2 N–H and O–H groups in total. The van der Waals surface area contributed by atoms with E-state index in [1.54, 1.807) is 18.3 Å². The summed E-state index contributed by atoms with van der Waals surface area (Å²) in [6.45, 7) is 2.05. The molecule has 0 spiro atoms. The van der Waals surface area contributed by atoms with E-state index in [1.165, 1.54) is 6.07 Å². The molecule has 0 aliphatic carbocycles. The Morgan fingerprint density at radius 1 is 1.30 bits per heavy atom. The first kappa shape index (κ1) is 16.0. The number of hydrogen-bond acceptors (Lipinski definition) is 4. The fourth-order valence-corrected chi connectivity index (χ4v) is 2.83. The minimum atomic E-state index is -0.414. The summed E-state index contributed by atoms with van der Waals surface area (Å²) in [4.78, 5) is 6.62. The van der Waals surface area contributed by atoms with Gasteiger partial charge in [-0.2, -0.15) is 0 Å². The number of rotatable bonds is 4. The molecular weight excluding hydrogens is 317 g/mol. The highest BCUT2D eigenvalue weighted by molar-refractivity contribution is 6.30. The Hall–Kier alpha value is -1.85. The summed E-state index contributed by atoms with van der Waals surface area (Å²) in [5, 5.41) is 13.1. The maximum Gasteiger partial charge on any atom is 0.151 e. The average molecular weight is 336 g/mol. The molecule has 0 atom stereocenters. The van der Waals surface area contributed by atoms with Crippen molar-refractivity contribution in [1.29, 1.82) is 0 Å². The van der Waals surface area contributed by atoms with Gasteiger partial charge in [-0.3, -0.25) is 0 Å². The van der Waals surface area contributed by atoms with Gasteiger partial charge in [0.25, 0.3) is 0 Å². The van der Waals surface area contributed by atoms with Crippen LogP contribution in [0.15, 0.2) is 36.5 Å². The summed E-state index contributed by atoms with van der Waals surface area (Å²) in [5.41, 5.74) is 1.72. The molecule has 23 heavy (non-hydrogen) atoms. The van der Waals surface area contributed by atoms with Crippen LogP contribution >= 0.6 is 11.6 Å². The van der Waals surface area contributed by atoms with E-state index in [0.717, 1.165) is 43.0 Å². The van der Waals surface area contributed by atoms with Crippen molar-refractivity contribution in [3.8, 4) is 0 Å². The van der Waals surface area contributed by atoms with E-state index in [0.29, 0.717) is 6.54 Å². The second-order valence-corrected chi connectivity index (χ2v) is 6.10. The van der Waals surface area contributed by atoms with E-state index < -0.39 is 5.82 Å². The molecule has 2 aromatic rings. The minimum absolute atomic E-state index is 0.127. The molecule has 1 fully saturated rings. The molecule has 1 aromatic carbocycles. The predicted octanol–water partition coefficient (Wildman–Crippen LogP) is 3.45. The first-order chi connectivity index (χ1) is 11.1. The first-order valence-corrected chi connectivity index (χ1v) is 8.07. The Bertz CT molecular complexity index is 675. The quantitative estimate of drug-likeness (QED) is 0.898. The third kappa shape index (κ3) is 3.92. The lowest BCUT2D eigenvalue weighted by Gasteiger charge is -2.31. The lowest BCUT2D eigenvalue weighted by atomic mass is 10.1. The summed E-state index contributed by atoms with van der Waals surface area (Å²) in [6, 6.07) is 8.62. The molecule has 2 heterocycles. The zero-order valence-corrected chi connectivity index (χ0v) is 13.4. The van der Waals surface area contributed by atoms with Crippen molar-refractivity contribution < 1.29 is 9.50 Å². The largest absolute Gasteiger partial charge is 0.393 e. The molecule has 0 bridgehead atoms. The normalized spacial score (nSPS) is 15.7. The second kappa shape index (κ2) is 7.15. The number of anilines is 2. The number of benzene rings is 1. The van der Waals surface area contributed by atoms with E-state index >= 15 is 0 Å². The molecule has 0 saturated carbocycles. The van der Waals surface area contributed by atoms with Gasteiger partial charge in [0.2, 0.25) is 0 Å². The lowest BCUT2D eigenvalue weighted by molar-refractivity contribution is 0.145. The molecule has 4 nitrogen and oxygen atoms in total. The summed E-state index contributed by atoms with van der Waals surface area (Å²) >= 11 is 5.70. The SMILES string of the molecule is OC1CCN(c2ncccc2NCc2ccc(Cl)c(F)c2)CC1. The van der Waals surface area contributed by atoms with Gasteiger partial charge in [-0.1, -0.05) is 17.7 Å². The zero-order valence-electron chi connectivity index (χ0n) is 12.7. The van der Waals surface area contributed by atoms with Crippen molar-refractivity contribution in [1.82, 2.24) is 4.98 Å². The lowest BCUT2D eigenvalue weighted by Crippen LogP contribution is -2.36. The molecule has 0 radical (unpaired) electrons. The number of aliphatic hydroxyl groups is 1. The standard InChI is InChI=1S/C17H19ClFN3O/c18-14-4-3-12(10-15(14)19)11-21-16-2-1-7-20-17(16)22-8-5-13(23)6-9-22/h1-4,7,10,13,21,23H,5-6,8-9,11H2. The van der Waals surface area contributed by atoms with Crippen molar-refractivity contribution in [2.75, 3.05) is 23.3 Å². The van der Waals surface area contributed by atoms with E-state index in [2.05, 4.69) is 15.2 Å². The fourth-order valence-electron chi connectivity index (χ4n) is 2.71. The number of nitrogens with one attached hydrogen (secondary N) is 1. The third-order valence-electron chi connectivity index (χ3n) is 4.02. The van der Waals surface area contributed by atoms with E-state index in [4.69, 9.17) is 11.6 Å². The molecular formula is C17H19ClFN3O. The van der Waals surface area contributed by atoms with Crippen LogP contribution in [-0.4, -0.2) is 29.3 Å². The topological polar surface area (TPSA) is 48.4 Å². The summed E-state index contributed by atoms with van der Waals surface area (Å²) in [6.07, 6.45) is 3.04. The second-order valence-electron chi connectivity index (χ2n) is 5.69. The molecule has 1 aromatic heterocycles. The zero-order chi connectivity index (χ0) is 16.2. The van der Waals surface area contributed by atoms with Crippen molar-refractivity contribution in [2.45, 2.75) is 25.5 Å². The van der Waals surface area contributed by atoms with Crippen molar-refractivity contribution in [3.05, 3.63) is 52.9 Å². The van der Waals surface area contributed by atoms with Crippen LogP contribution in [0.1, 0.15) is 18.4 Å². The van der Waals surface area contributed by atoms with Gasteiger partial charge in [-0.15, -0.1) is 0 Å². The molecule has 1 aliphatic rings. The number of halogens is 2. The molecule has 122 valence electrons.